The van der Waals surface area contributed by atoms with E-state index in [-0.39, 0.29) is 18.3 Å². The highest BCUT2D eigenvalue weighted by Gasteiger charge is 2.37. The molecule has 0 aromatic carbocycles. The van der Waals surface area contributed by atoms with Crippen molar-refractivity contribution >= 4 is 26.8 Å². The smallest absolute Gasteiger partial charge is 0.192 e. The summed E-state index contributed by atoms with van der Waals surface area (Å²) in [4.78, 5) is 0. The highest BCUT2D eigenvalue weighted by molar-refractivity contribution is 7.20. The van der Waals surface area contributed by atoms with Crippen molar-refractivity contribution in [3.63, 3.8) is 0 Å². The molecule has 0 amide bonds. The molecule has 0 spiro atoms. The van der Waals surface area contributed by atoms with Gasteiger partial charge in [0.05, 0.1) is 32.5 Å². The molecule has 63 heavy (non-hydrogen) atoms. The van der Waals surface area contributed by atoms with Gasteiger partial charge in [-0.05, 0) is 36.0 Å². The van der Waals surface area contributed by atoms with Gasteiger partial charge in [-0.3, -0.25) is 0 Å². The number of hydrogen-bond donors (Lipinski definition) is 3. The van der Waals surface area contributed by atoms with E-state index in [0.29, 0.717) is 24.9 Å². The van der Waals surface area contributed by atoms with Gasteiger partial charge in [0.1, 0.15) is 6.10 Å². The highest BCUT2D eigenvalue weighted by Crippen LogP contribution is 2.38. The third-order valence-corrected chi connectivity index (χ3v) is 23.1. The molecule has 0 saturated heterocycles. The Labute approximate surface area is 403 Å². The largest absolute Gasteiger partial charge is 0.414 e. The average molecular weight is 954 g/mol. The molecule has 2 atom stereocenters. The Morgan fingerprint density at radius 3 is 0.857 bits per heavy atom. The standard InChI is InChI=1S/C27H58O3Si.C21H44O3.C6H15ClSi/c1-7-8-9-10-11-12-13-14-15-16-17-18-19-20-21-22-23-29-24-26(28)25-30-31(5,6)27(2,3)4;1-2-3-4-5-6-7-8-9-10-11-12-13-14-15-16-17-18-24-20-21(23)19-22;1-6(2,3)8(4,5)7/h26,28H,7-25H2,1-6H3;21-23H,2-20H2,1H3;1-5H3/t26-;21-;/m10./s1. The number of hydrogen-bond acceptors (Lipinski definition) is 6. The zero-order valence-corrected chi connectivity index (χ0v) is 47.7. The second-order valence-electron chi connectivity index (χ2n) is 22.0. The van der Waals surface area contributed by atoms with Crippen LogP contribution in [0.2, 0.25) is 36.3 Å². The molecule has 9 heteroatoms. The van der Waals surface area contributed by atoms with Crippen LogP contribution in [0.25, 0.3) is 0 Å². The molecule has 0 radical (unpaired) electrons. The van der Waals surface area contributed by atoms with Crippen LogP contribution >= 0.6 is 11.1 Å². The van der Waals surface area contributed by atoms with Crippen LogP contribution in [0.15, 0.2) is 0 Å². The molecular formula is C54H117ClO6Si2. The van der Waals surface area contributed by atoms with E-state index in [9.17, 15) is 5.11 Å². The molecule has 0 aliphatic carbocycles. The van der Waals surface area contributed by atoms with Crippen molar-refractivity contribution in [1.29, 1.82) is 0 Å². The van der Waals surface area contributed by atoms with Gasteiger partial charge in [-0.2, -0.15) is 11.1 Å². The Kier molecular flexibility index (Phi) is 49.7. The quantitative estimate of drug-likeness (QED) is 0.0321. The zero-order valence-electron chi connectivity index (χ0n) is 45.0. The van der Waals surface area contributed by atoms with Gasteiger partial charge >= 0.3 is 0 Å². The molecule has 0 aromatic rings. The fourth-order valence-electron chi connectivity index (χ4n) is 6.57. The van der Waals surface area contributed by atoms with E-state index in [0.717, 1.165) is 19.4 Å². The molecule has 0 bridgehead atoms. The van der Waals surface area contributed by atoms with Gasteiger partial charge < -0.3 is 29.2 Å². The number of aliphatic hydroxyl groups excluding tert-OH is 3. The Bertz CT molecular complexity index is 877. The first kappa shape index (κ1) is 67.8. The fraction of sp³-hybridized carbons (Fsp3) is 1.00. The monoisotopic (exact) mass is 953 g/mol. The van der Waals surface area contributed by atoms with Gasteiger partial charge in [0.2, 0.25) is 0 Å². The molecule has 0 heterocycles. The minimum Gasteiger partial charge on any atom is -0.414 e. The van der Waals surface area contributed by atoms with Crippen molar-refractivity contribution in [2.45, 2.75) is 309 Å². The molecule has 0 aliphatic heterocycles. The summed E-state index contributed by atoms with van der Waals surface area (Å²) in [5.74, 6) is 0. The summed E-state index contributed by atoms with van der Waals surface area (Å²) >= 11 is 6.15. The number of aliphatic hydroxyl groups is 3. The molecule has 0 fully saturated rings. The number of ether oxygens (including phenoxy) is 2. The van der Waals surface area contributed by atoms with Gasteiger partial charge in [0.25, 0.3) is 0 Å². The number of halogens is 1. The molecular weight excluding hydrogens is 836 g/mol. The van der Waals surface area contributed by atoms with E-state index in [2.05, 4.69) is 81.6 Å². The van der Waals surface area contributed by atoms with Crippen molar-refractivity contribution in [2.75, 3.05) is 39.6 Å². The van der Waals surface area contributed by atoms with E-state index in [4.69, 9.17) is 35.2 Å². The summed E-state index contributed by atoms with van der Waals surface area (Å²) in [6, 6.07) is 0. The van der Waals surface area contributed by atoms with Crippen molar-refractivity contribution in [2.24, 2.45) is 0 Å². The molecule has 0 saturated carbocycles. The predicted molar refractivity (Wildman–Crippen MR) is 286 cm³/mol. The van der Waals surface area contributed by atoms with Crippen LogP contribution in [0.5, 0.6) is 0 Å². The summed E-state index contributed by atoms with van der Waals surface area (Å²) in [5.41, 5.74) is 0. The van der Waals surface area contributed by atoms with E-state index in [1.165, 1.54) is 193 Å². The van der Waals surface area contributed by atoms with Crippen LogP contribution in [-0.4, -0.2) is 82.9 Å². The van der Waals surface area contributed by atoms with Crippen molar-refractivity contribution in [3.05, 3.63) is 0 Å². The van der Waals surface area contributed by atoms with Gasteiger partial charge in [0.15, 0.2) is 15.7 Å². The topological polar surface area (TPSA) is 88.4 Å². The lowest BCUT2D eigenvalue weighted by Crippen LogP contribution is -2.43. The van der Waals surface area contributed by atoms with E-state index < -0.39 is 27.9 Å². The van der Waals surface area contributed by atoms with E-state index in [1.54, 1.807) is 0 Å². The minimum atomic E-state index is -1.78. The molecule has 384 valence electrons. The Hall–Kier alpha value is 0.484. The molecule has 3 N–H and O–H groups in total. The van der Waals surface area contributed by atoms with Crippen LogP contribution in [0.4, 0.5) is 0 Å². The Balaban J connectivity index is -0.000000993. The van der Waals surface area contributed by atoms with Crippen LogP contribution in [-0.2, 0) is 13.9 Å². The van der Waals surface area contributed by atoms with Gasteiger partial charge in [-0.25, -0.2) is 0 Å². The third kappa shape index (κ3) is 51.7. The summed E-state index contributed by atoms with van der Waals surface area (Å²) < 4.78 is 17.0. The van der Waals surface area contributed by atoms with Crippen LogP contribution in [0, 0.1) is 0 Å². The normalized spacial score (nSPS) is 13.3. The molecule has 0 rings (SSSR count). The summed E-state index contributed by atoms with van der Waals surface area (Å²) in [5, 5.41) is 28.4. The maximum absolute atomic E-state index is 10.1. The average Bonchev–Trinajstić information content (AvgIpc) is 3.21. The van der Waals surface area contributed by atoms with Crippen LogP contribution in [0.3, 0.4) is 0 Å². The Morgan fingerprint density at radius 2 is 0.635 bits per heavy atom. The molecule has 0 aliphatic rings. The van der Waals surface area contributed by atoms with Gasteiger partial charge in [0, 0.05) is 13.2 Å². The molecule has 6 nitrogen and oxygen atoms in total. The fourth-order valence-corrected chi connectivity index (χ4v) is 7.61. The lowest BCUT2D eigenvalue weighted by molar-refractivity contribution is 0.00526. The first-order valence-corrected chi connectivity index (χ1v) is 34.1. The van der Waals surface area contributed by atoms with Crippen LogP contribution in [0.1, 0.15) is 261 Å². The van der Waals surface area contributed by atoms with E-state index in [1.807, 2.05) is 0 Å². The SMILES string of the molecule is CC(C)(C)[Si](C)(C)Cl.CCCCCCCCCCCCCCCCCCOC[C@@H](O)CO.CCCCCCCCCCCCCCCCCCOC[C@@H](O)CO[Si](C)(C)C(C)(C)C. The second kappa shape index (κ2) is 46.2. The zero-order chi connectivity index (χ0) is 48.1. The number of rotatable bonds is 42. The maximum atomic E-state index is 10.1. The minimum absolute atomic E-state index is 0.182. The highest BCUT2D eigenvalue weighted by atomic mass is 35.6. The second-order valence-corrected chi connectivity index (χ2v) is 34.1. The maximum Gasteiger partial charge on any atom is 0.192 e. The van der Waals surface area contributed by atoms with Crippen molar-refractivity contribution < 1.29 is 29.2 Å². The summed E-state index contributed by atoms with van der Waals surface area (Å²) in [6.45, 7) is 28.9. The lowest BCUT2D eigenvalue weighted by Gasteiger charge is -2.36. The number of unbranched alkanes of at least 4 members (excludes halogenated alkanes) is 30. The van der Waals surface area contributed by atoms with Crippen LogP contribution < -0.4 is 0 Å². The molecule has 0 unspecified atom stereocenters. The Morgan fingerprint density at radius 1 is 0.397 bits per heavy atom. The summed E-state index contributed by atoms with van der Waals surface area (Å²) in [6.07, 6.45) is 42.9. The third-order valence-electron chi connectivity index (χ3n) is 13.3. The van der Waals surface area contributed by atoms with Gasteiger partial charge in [-0.15, -0.1) is 0 Å². The first-order valence-electron chi connectivity index (χ1n) is 27.2. The molecule has 0 aromatic heterocycles. The van der Waals surface area contributed by atoms with Crippen molar-refractivity contribution in [3.8, 4) is 0 Å². The summed E-state index contributed by atoms with van der Waals surface area (Å²) in [7, 11) is -3.16. The van der Waals surface area contributed by atoms with Crippen molar-refractivity contribution in [1.82, 2.24) is 0 Å². The van der Waals surface area contributed by atoms with Gasteiger partial charge in [-0.1, -0.05) is 261 Å². The van der Waals surface area contributed by atoms with E-state index >= 15 is 0 Å². The lowest BCUT2D eigenvalue weighted by atomic mass is 10.0. The first-order chi connectivity index (χ1) is 29.8. The predicted octanol–water partition coefficient (Wildman–Crippen LogP) is 17.5.